The topological polar surface area (TPSA) is 115 Å². The molecule has 0 aromatic heterocycles. The molecule has 1 aromatic carbocycles. The zero-order chi connectivity index (χ0) is 22.9. The maximum atomic E-state index is 12.6. The van der Waals surface area contributed by atoms with E-state index >= 15 is 0 Å². The van der Waals surface area contributed by atoms with E-state index in [1.165, 1.54) is 0 Å². The molecule has 3 rings (SSSR count). The zero-order valence-corrected chi connectivity index (χ0v) is 21.5. The third-order valence-electron chi connectivity index (χ3n) is 5.57. The number of ether oxygens (including phenoxy) is 1. The summed E-state index contributed by atoms with van der Waals surface area (Å²) < 4.78 is 5.06. The zero-order valence-electron chi connectivity index (χ0n) is 19.1. The molecule has 0 bridgehead atoms. The van der Waals surface area contributed by atoms with Gasteiger partial charge < -0.3 is 30.5 Å². The largest absolute Gasteiger partial charge is 0.450 e. The predicted octanol–water partition coefficient (Wildman–Crippen LogP) is 1.16. The van der Waals surface area contributed by atoms with Crippen LogP contribution in [-0.2, 0) is 16.1 Å². The molecule has 0 atom stereocenters. The van der Waals surface area contributed by atoms with Crippen LogP contribution in [0.2, 0.25) is 0 Å². The summed E-state index contributed by atoms with van der Waals surface area (Å²) in [5, 5.41) is 9.42. The molecule has 11 heteroatoms. The molecule has 3 amide bonds. The Balaban J connectivity index is 0.00000385. The van der Waals surface area contributed by atoms with E-state index in [-0.39, 0.29) is 54.5 Å². The molecular weight excluding hydrogens is 539 g/mol. The Morgan fingerprint density at radius 3 is 2.45 bits per heavy atom. The second kappa shape index (κ2) is 13.2. The molecular formula is C22H33IN6O4. The van der Waals surface area contributed by atoms with Gasteiger partial charge in [0.05, 0.1) is 13.2 Å². The summed E-state index contributed by atoms with van der Waals surface area (Å²) in [7, 11) is 1.72. The van der Waals surface area contributed by atoms with Crippen molar-refractivity contribution in [3.05, 3.63) is 35.4 Å². The minimum atomic E-state index is -0.251. The highest BCUT2D eigenvalue weighted by atomic mass is 127. The van der Waals surface area contributed by atoms with E-state index in [1.807, 2.05) is 19.1 Å². The van der Waals surface area contributed by atoms with Crippen LogP contribution < -0.4 is 16.0 Å². The summed E-state index contributed by atoms with van der Waals surface area (Å²) in [4.78, 5) is 43.5. The fraction of sp³-hybridized carbons (Fsp3) is 0.545. The molecule has 1 aromatic rings. The number of carbonyl (C=O) groups excluding carboxylic acids is 3. The molecule has 0 aliphatic carbocycles. The standard InChI is InChI=1S/C22H32N6O4.HI/c1-3-32-22(31)27-11-8-18(9-12-27)26-21(23-2)25-14-16-4-6-17(7-5-16)20(30)28-13-10-24-19(29)15-28;/h4-7,18H,3,8-15H2,1-2H3,(H,24,29)(H2,23,25,26);1H. The van der Waals surface area contributed by atoms with Crippen molar-refractivity contribution in [3.8, 4) is 0 Å². The van der Waals surface area contributed by atoms with E-state index in [2.05, 4.69) is 20.9 Å². The predicted molar refractivity (Wildman–Crippen MR) is 136 cm³/mol. The minimum Gasteiger partial charge on any atom is -0.450 e. The highest BCUT2D eigenvalue weighted by Gasteiger charge is 2.24. The third kappa shape index (κ3) is 7.76. The van der Waals surface area contributed by atoms with Crippen LogP contribution in [-0.4, -0.2) is 86.1 Å². The highest BCUT2D eigenvalue weighted by Crippen LogP contribution is 2.12. The van der Waals surface area contributed by atoms with E-state index in [4.69, 9.17) is 4.74 Å². The Kier molecular flexibility index (Phi) is 10.7. The smallest absolute Gasteiger partial charge is 0.409 e. The number of hydrogen-bond donors (Lipinski definition) is 3. The number of piperazine rings is 1. The summed E-state index contributed by atoms with van der Waals surface area (Å²) in [6.07, 6.45) is 1.40. The lowest BCUT2D eigenvalue weighted by atomic mass is 10.1. The van der Waals surface area contributed by atoms with Crippen LogP contribution in [0.5, 0.6) is 0 Å². The number of halogens is 1. The van der Waals surface area contributed by atoms with Gasteiger partial charge in [-0.05, 0) is 37.5 Å². The Labute approximate surface area is 211 Å². The summed E-state index contributed by atoms with van der Waals surface area (Å²) in [5.41, 5.74) is 1.58. The van der Waals surface area contributed by atoms with Gasteiger partial charge in [-0.3, -0.25) is 14.6 Å². The molecule has 33 heavy (non-hydrogen) atoms. The first-order valence-corrected chi connectivity index (χ1v) is 11.0. The van der Waals surface area contributed by atoms with Gasteiger partial charge in [-0.2, -0.15) is 0 Å². The van der Waals surface area contributed by atoms with Gasteiger partial charge in [-0.1, -0.05) is 12.1 Å². The molecule has 2 aliphatic rings. The number of benzene rings is 1. The first-order chi connectivity index (χ1) is 15.5. The molecule has 10 nitrogen and oxygen atoms in total. The molecule has 2 fully saturated rings. The maximum Gasteiger partial charge on any atom is 0.409 e. The molecule has 0 spiro atoms. The Hall–Kier alpha value is -2.57. The van der Waals surface area contributed by atoms with Crippen LogP contribution >= 0.6 is 24.0 Å². The Morgan fingerprint density at radius 1 is 1.15 bits per heavy atom. The number of likely N-dealkylation sites (tertiary alicyclic amines) is 1. The van der Waals surface area contributed by atoms with Crippen molar-refractivity contribution in [2.24, 2.45) is 4.99 Å². The van der Waals surface area contributed by atoms with Crippen molar-refractivity contribution >= 4 is 47.8 Å². The molecule has 2 aliphatic heterocycles. The number of rotatable bonds is 5. The van der Waals surface area contributed by atoms with Gasteiger partial charge in [0.15, 0.2) is 5.96 Å². The number of amides is 3. The van der Waals surface area contributed by atoms with Crippen LogP contribution in [0.1, 0.15) is 35.7 Å². The summed E-state index contributed by atoms with van der Waals surface area (Å²) >= 11 is 0. The van der Waals surface area contributed by atoms with E-state index in [9.17, 15) is 14.4 Å². The maximum absolute atomic E-state index is 12.6. The van der Waals surface area contributed by atoms with Gasteiger partial charge in [0.2, 0.25) is 5.91 Å². The molecule has 0 unspecified atom stereocenters. The Morgan fingerprint density at radius 2 is 1.85 bits per heavy atom. The molecule has 2 saturated heterocycles. The molecule has 182 valence electrons. The van der Waals surface area contributed by atoms with E-state index in [0.717, 1.165) is 18.4 Å². The van der Waals surface area contributed by atoms with E-state index in [0.29, 0.717) is 50.9 Å². The van der Waals surface area contributed by atoms with E-state index in [1.54, 1.807) is 29.0 Å². The van der Waals surface area contributed by atoms with Crippen LogP contribution in [0, 0.1) is 0 Å². The number of piperidine rings is 1. The second-order valence-corrected chi connectivity index (χ2v) is 7.80. The van der Waals surface area contributed by atoms with Crippen LogP contribution in [0.4, 0.5) is 4.79 Å². The number of nitrogens with zero attached hydrogens (tertiary/aromatic N) is 3. The van der Waals surface area contributed by atoms with Crippen molar-refractivity contribution in [1.29, 1.82) is 0 Å². The van der Waals surface area contributed by atoms with Crippen molar-refractivity contribution in [2.45, 2.75) is 32.4 Å². The van der Waals surface area contributed by atoms with Crippen LogP contribution in [0.25, 0.3) is 0 Å². The average Bonchev–Trinajstić information content (AvgIpc) is 2.82. The average molecular weight is 572 g/mol. The van der Waals surface area contributed by atoms with Crippen molar-refractivity contribution < 1.29 is 19.1 Å². The first kappa shape index (κ1) is 26.7. The fourth-order valence-electron chi connectivity index (χ4n) is 3.75. The van der Waals surface area contributed by atoms with Crippen molar-refractivity contribution in [1.82, 2.24) is 25.8 Å². The fourth-order valence-corrected chi connectivity index (χ4v) is 3.75. The lowest BCUT2D eigenvalue weighted by Crippen LogP contribution is -2.50. The first-order valence-electron chi connectivity index (χ1n) is 11.0. The normalized spacial score (nSPS) is 17.0. The number of guanidine groups is 1. The highest BCUT2D eigenvalue weighted by molar-refractivity contribution is 14.0. The van der Waals surface area contributed by atoms with Gasteiger partial charge in [-0.25, -0.2) is 4.79 Å². The number of aliphatic imine (C=N–C) groups is 1. The lowest BCUT2D eigenvalue weighted by Gasteiger charge is -2.32. The molecule has 0 radical (unpaired) electrons. The SMILES string of the molecule is CCOC(=O)N1CCC(NC(=NC)NCc2ccc(C(=O)N3CCNC(=O)C3)cc2)CC1.I. The van der Waals surface area contributed by atoms with Gasteiger partial charge in [-0.15, -0.1) is 24.0 Å². The number of nitrogens with one attached hydrogen (secondary N) is 3. The van der Waals surface area contributed by atoms with Crippen LogP contribution in [0.3, 0.4) is 0 Å². The third-order valence-corrected chi connectivity index (χ3v) is 5.57. The summed E-state index contributed by atoms with van der Waals surface area (Å²) in [5.74, 6) is 0.431. The number of hydrogen-bond acceptors (Lipinski definition) is 5. The van der Waals surface area contributed by atoms with E-state index < -0.39 is 0 Å². The number of carbonyl (C=O) groups is 3. The van der Waals surface area contributed by atoms with Gasteiger partial charge in [0, 0.05) is 51.4 Å². The monoisotopic (exact) mass is 572 g/mol. The molecule has 3 N–H and O–H groups in total. The van der Waals surface area contributed by atoms with Crippen molar-refractivity contribution in [2.75, 3.05) is 46.4 Å². The van der Waals surface area contributed by atoms with Gasteiger partial charge in [0.1, 0.15) is 0 Å². The summed E-state index contributed by atoms with van der Waals surface area (Å²) in [6.45, 7) is 5.17. The quantitative estimate of drug-likeness (QED) is 0.277. The van der Waals surface area contributed by atoms with Gasteiger partial charge in [0.25, 0.3) is 5.91 Å². The molecule has 0 saturated carbocycles. The van der Waals surface area contributed by atoms with Crippen molar-refractivity contribution in [3.63, 3.8) is 0 Å². The Bertz CT molecular complexity index is 840. The minimum absolute atomic E-state index is 0. The second-order valence-electron chi connectivity index (χ2n) is 7.80. The lowest BCUT2D eigenvalue weighted by molar-refractivity contribution is -0.123. The molecule has 2 heterocycles. The summed E-state index contributed by atoms with van der Waals surface area (Å²) in [6, 6.07) is 7.60. The van der Waals surface area contributed by atoms with Crippen LogP contribution in [0.15, 0.2) is 29.3 Å². The van der Waals surface area contributed by atoms with Gasteiger partial charge >= 0.3 is 6.09 Å².